The Labute approximate surface area is 114 Å². The van der Waals surface area contributed by atoms with Gasteiger partial charge < -0.3 is 19.5 Å². The predicted octanol–water partition coefficient (Wildman–Crippen LogP) is 1.56. The van der Waals surface area contributed by atoms with Gasteiger partial charge in [0.05, 0.1) is 25.7 Å². The monoisotopic (exact) mass is 275 g/mol. The number of esters is 1. The molecule has 1 N–H and O–H groups in total. The van der Waals surface area contributed by atoms with Gasteiger partial charge >= 0.3 is 12.1 Å². The number of carbonyl (C=O) groups excluding carboxylic acids is 2. The topological polar surface area (TPSA) is 76.1 Å². The number of carbonyl (C=O) groups is 2. The number of hydrogen-bond acceptors (Lipinski definition) is 5. The highest BCUT2D eigenvalue weighted by atomic mass is 16.6. The first-order valence-electron chi connectivity index (χ1n) is 6.47. The molecule has 0 saturated heterocycles. The van der Waals surface area contributed by atoms with Crippen LogP contribution in [-0.4, -0.2) is 53.5 Å². The van der Waals surface area contributed by atoms with Crippen molar-refractivity contribution >= 4 is 12.1 Å². The molecule has 0 radical (unpaired) electrons. The molecule has 0 aliphatic heterocycles. The fourth-order valence-corrected chi connectivity index (χ4v) is 1.36. The first-order valence-corrected chi connectivity index (χ1v) is 6.47. The maximum atomic E-state index is 12.0. The molecule has 19 heavy (non-hydrogen) atoms. The summed E-state index contributed by atoms with van der Waals surface area (Å²) >= 11 is 0. The van der Waals surface area contributed by atoms with Crippen molar-refractivity contribution in [3.05, 3.63) is 0 Å². The van der Waals surface area contributed by atoms with Crippen LogP contribution in [-0.2, 0) is 14.3 Å². The zero-order valence-electron chi connectivity index (χ0n) is 12.4. The van der Waals surface area contributed by atoms with Crippen molar-refractivity contribution in [3.63, 3.8) is 0 Å². The maximum absolute atomic E-state index is 12.0. The third kappa shape index (κ3) is 7.66. The Kier molecular flexibility index (Phi) is 7.44. The van der Waals surface area contributed by atoms with Crippen LogP contribution in [0.15, 0.2) is 0 Å². The van der Waals surface area contributed by atoms with Crippen molar-refractivity contribution in [2.45, 2.75) is 52.7 Å². The number of ether oxygens (including phenoxy) is 2. The lowest BCUT2D eigenvalue weighted by Gasteiger charge is -2.30. The Balaban J connectivity index is 4.55. The largest absolute Gasteiger partial charge is 0.466 e. The Morgan fingerprint density at radius 1 is 1.32 bits per heavy atom. The quantitative estimate of drug-likeness (QED) is 0.744. The van der Waals surface area contributed by atoms with Crippen molar-refractivity contribution in [1.82, 2.24) is 4.90 Å². The first-order chi connectivity index (χ1) is 8.71. The SMILES string of the molecule is CCOC(=O)CCN(C(=O)OC(C)(C)C)[C@H](C)CO. The number of aliphatic hydroxyl groups is 1. The molecule has 0 aromatic heterocycles. The lowest BCUT2D eigenvalue weighted by molar-refractivity contribution is -0.143. The lowest BCUT2D eigenvalue weighted by Crippen LogP contribution is -2.44. The molecule has 6 nitrogen and oxygen atoms in total. The van der Waals surface area contributed by atoms with Gasteiger partial charge in [-0.05, 0) is 34.6 Å². The van der Waals surface area contributed by atoms with Crippen molar-refractivity contribution in [2.24, 2.45) is 0 Å². The molecule has 0 aliphatic rings. The number of hydrogen-bond donors (Lipinski definition) is 1. The van der Waals surface area contributed by atoms with E-state index in [1.54, 1.807) is 34.6 Å². The van der Waals surface area contributed by atoms with Crippen molar-refractivity contribution < 1.29 is 24.2 Å². The van der Waals surface area contributed by atoms with Gasteiger partial charge in [0.1, 0.15) is 5.60 Å². The molecule has 0 rings (SSSR count). The molecule has 0 saturated carbocycles. The van der Waals surface area contributed by atoms with Crippen LogP contribution in [0, 0.1) is 0 Å². The van der Waals surface area contributed by atoms with Gasteiger partial charge in [0.15, 0.2) is 0 Å². The van der Waals surface area contributed by atoms with E-state index in [0.29, 0.717) is 6.61 Å². The number of amides is 1. The molecule has 0 aliphatic carbocycles. The molecule has 0 fully saturated rings. The van der Waals surface area contributed by atoms with Crippen LogP contribution < -0.4 is 0 Å². The van der Waals surface area contributed by atoms with Crippen LogP contribution in [0.2, 0.25) is 0 Å². The highest BCUT2D eigenvalue weighted by Gasteiger charge is 2.26. The van der Waals surface area contributed by atoms with Gasteiger partial charge in [0.2, 0.25) is 0 Å². The van der Waals surface area contributed by atoms with E-state index in [9.17, 15) is 9.59 Å². The van der Waals surface area contributed by atoms with Gasteiger partial charge in [0.25, 0.3) is 0 Å². The molecule has 0 bridgehead atoms. The van der Waals surface area contributed by atoms with Crippen LogP contribution in [0.4, 0.5) is 4.79 Å². The maximum Gasteiger partial charge on any atom is 0.410 e. The summed E-state index contributed by atoms with van der Waals surface area (Å²) in [5.74, 6) is -0.374. The molecule has 1 amide bonds. The van der Waals surface area contributed by atoms with E-state index in [1.165, 1.54) is 4.90 Å². The van der Waals surface area contributed by atoms with E-state index < -0.39 is 17.7 Å². The van der Waals surface area contributed by atoms with Crippen LogP contribution in [0.25, 0.3) is 0 Å². The van der Waals surface area contributed by atoms with Crippen molar-refractivity contribution in [3.8, 4) is 0 Å². The standard InChI is InChI=1S/C13H25NO5/c1-6-18-11(16)7-8-14(10(2)9-15)12(17)19-13(3,4)5/h10,15H,6-9H2,1-5H3/t10-/m1/s1. The molecule has 6 heteroatoms. The molecule has 0 unspecified atom stereocenters. The molecule has 0 aromatic rings. The average Bonchev–Trinajstić information content (AvgIpc) is 2.26. The van der Waals surface area contributed by atoms with Gasteiger partial charge in [-0.25, -0.2) is 4.79 Å². The molecule has 0 spiro atoms. The van der Waals surface area contributed by atoms with Crippen molar-refractivity contribution in [2.75, 3.05) is 19.8 Å². The summed E-state index contributed by atoms with van der Waals surface area (Å²) in [6.07, 6.45) is -0.462. The van der Waals surface area contributed by atoms with Gasteiger partial charge in [0, 0.05) is 6.54 Å². The van der Waals surface area contributed by atoms with E-state index in [2.05, 4.69) is 0 Å². The highest BCUT2D eigenvalue weighted by Crippen LogP contribution is 2.12. The summed E-state index contributed by atoms with van der Waals surface area (Å²) in [6.45, 7) is 8.97. The molecular formula is C13H25NO5. The molecular weight excluding hydrogens is 250 g/mol. The van der Waals surface area contributed by atoms with E-state index >= 15 is 0 Å². The van der Waals surface area contributed by atoms with Crippen LogP contribution in [0.1, 0.15) is 41.0 Å². The van der Waals surface area contributed by atoms with E-state index in [4.69, 9.17) is 14.6 Å². The Morgan fingerprint density at radius 3 is 2.32 bits per heavy atom. The normalized spacial score (nSPS) is 12.7. The van der Waals surface area contributed by atoms with Gasteiger partial charge in [-0.15, -0.1) is 0 Å². The van der Waals surface area contributed by atoms with E-state index in [1.807, 2.05) is 0 Å². The summed E-state index contributed by atoms with van der Waals surface area (Å²) < 4.78 is 10.0. The minimum atomic E-state index is -0.617. The van der Waals surface area contributed by atoms with Crippen LogP contribution in [0.5, 0.6) is 0 Å². The fraction of sp³-hybridized carbons (Fsp3) is 0.846. The van der Waals surface area contributed by atoms with Gasteiger partial charge in [-0.2, -0.15) is 0 Å². The molecule has 0 heterocycles. The smallest absolute Gasteiger partial charge is 0.410 e. The Hall–Kier alpha value is -1.30. The molecule has 1 atom stereocenters. The van der Waals surface area contributed by atoms with Crippen LogP contribution >= 0.6 is 0 Å². The lowest BCUT2D eigenvalue weighted by atomic mass is 10.2. The van der Waals surface area contributed by atoms with Gasteiger partial charge in [-0.1, -0.05) is 0 Å². The second kappa shape index (κ2) is 7.99. The summed E-state index contributed by atoms with van der Waals surface area (Å²) in [5, 5.41) is 9.16. The zero-order chi connectivity index (χ0) is 15.1. The predicted molar refractivity (Wildman–Crippen MR) is 70.7 cm³/mol. The summed E-state index contributed by atoms with van der Waals surface area (Å²) in [6, 6.07) is -0.413. The number of aliphatic hydroxyl groups excluding tert-OH is 1. The fourth-order valence-electron chi connectivity index (χ4n) is 1.36. The van der Waals surface area contributed by atoms with Crippen molar-refractivity contribution in [1.29, 1.82) is 0 Å². The average molecular weight is 275 g/mol. The second-order valence-corrected chi connectivity index (χ2v) is 5.26. The van der Waals surface area contributed by atoms with E-state index in [-0.39, 0.29) is 25.5 Å². The summed E-state index contributed by atoms with van der Waals surface area (Å²) in [5.41, 5.74) is -0.617. The zero-order valence-corrected chi connectivity index (χ0v) is 12.4. The minimum absolute atomic E-state index is 0.0808. The Morgan fingerprint density at radius 2 is 1.89 bits per heavy atom. The second-order valence-electron chi connectivity index (χ2n) is 5.26. The minimum Gasteiger partial charge on any atom is -0.466 e. The number of nitrogens with zero attached hydrogens (tertiary/aromatic N) is 1. The number of rotatable bonds is 6. The van der Waals surface area contributed by atoms with Gasteiger partial charge in [-0.3, -0.25) is 4.79 Å². The summed E-state index contributed by atoms with van der Waals surface area (Å²) in [4.78, 5) is 24.6. The van der Waals surface area contributed by atoms with Crippen LogP contribution in [0.3, 0.4) is 0 Å². The molecule has 0 aromatic carbocycles. The Bertz CT molecular complexity index is 298. The summed E-state index contributed by atoms with van der Waals surface area (Å²) in [7, 11) is 0. The van der Waals surface area contributed by atoms with E-state index in [0.717, 1.165) is 0 Å². The first kappa shape index (κ1) is 17.7. The third-order valence-electron chi connectivity index (χ3n) is 2.29. The molecule has 112 valence electrons. The highest BCUT2D eigenvalue weighted by molar-refractivity contribution is 5.72. The third-order valence-corrected chi connectivity index (χ3v) is 2.29.